The number of carbonyl (C=O) groups excluding carboxylic acids is 2. The summed E-state index contributed by atoms with van der Waals surface area (Å²) in [6.45, 7) is 1.04. The van der Waals surface area contributed by atoms with Crippen molar-refractivity contribution >= 4 is 39.6 Å². The third kappa shape index (κ3) is 3.85. The molecule has 1 aliphatic heterocycles. The highest BCUT2D eigenvalue weighted by atomic mass is 79.9. The van der Waals surface area contributed by atoms with Crippen LogP contribution in [0.1, 0.15) is 47.4 Å². The van der Waals surface area contributed by atoms with Gasteiger partial charge in [0.1, 0.15) is 5.56 Å². The second-order valence-electron chi connectivity index (χ2n) is 7.17. The number of rotatable bonds is 6. The molecule has 2 aromatic rings. The van der Waals surface area contributed by atoms with Gasteiger partial charge >= 0.3 is 5.97 Å². The Hall–Kier alpha value is -1.80. The van der Waals surface area contributed by atoms with Crippen LogP contribution in [0.15, 0.2) is 33.6 Å². The molecule has 1 fully saturated rings. The number of hydrogen-bond donors (Lipinski definition) is 1. The van der Waals surface area contributed by atoms with E-state index in [9.17, 15) is 9.59 Å². The van der Waals surface area contributed by atoms with Gasteiger partial charge in [0.05, 0.1) is 29.8 Å². The zero-order valence-electron chi connectivity index (χ0n) is 15.7. The van der Waals surface area contributed by atoms with Gasteiger partial charge in [-0.1, -0.05) is 15.9 Å². The van der Waals surface area contributed by atoms with Gasteiger partial charge in [0, 0.05) is 15.9 Å². The molecule has 1 saturated carbocycles. The third-order valence-electron chi connectivity index (χ3n) is 5.21. The van der Waals surface area contributed by atoms with Crippen LogP contribution < -0.4 is 5.32 Å². The number of methoxy groups -OCH3 is 1. The minimum absolute atomic E-state index is 0.00204. The fraction of sp³-hybridized carbons (Fsp3) is 0.450. The van der Waals surface area contributed by atoms with Crippen molar-refractivity contribution in [2.24, 2.45) is 0 Å². The van der Waals surface area contributed by atoms with Crippen molar-refractivity contribution in [3.8, 4) is 0 Å². The predicted molar refractivity (Wildman–Crippen MR) is 110 cm³/mol. The topological polar surface area (TPSA) is 73.2 Å². The lowest BCUT2D eigenvalue weighted by Crippen LogP contribution is -2.34. The fourth-order valence-corrected chi connectivity index (χ4v) is 5.01. The quantitative estimate of drug-likeness (QED) is 0.660. The Morgan fingerprint density at radius 3 is 2.71 bits per heavy atom. The summed E-state index contributed by atoms with van der Waals surface area (Å²) in [6.07, 6.45) is 4.60. The van der Waals surface area contributed by atoms with E-state index >= 15 is 0 Å². The molecule has 1 aromatic heterocycles. The summed E-state index contributed by atoms with van der Waals surface area (Å²) in [5, 5.41) is 7.59. The highest BCUT2D eigenvalue weighted by Crippen LogP contribution is 2.52. The van der Waals surface area contributed by atoms with Gasteiger partial charge in [-0.2, -0.15) is 5.10 Å². The molecular formula is C20H22BrN3O3S. The fourth-order valence-electron chi connectivity index (χ4n) is 3.55. The number of ether oxygens (including phenoxy) is 1. The maximum absolute atomic E-state index is 12.9. The Morgan fingerprint density at radius 1 is 1.29 bits per heavy atom. The zero-order valence-corrected chi connectivity index (χ0v) is 18.1. The Kier molecular flexibility index (Phi) is 5.51. The molecule has 148 valence electrons. The van der Waals surface area contributed by atoms with Crippen molar-refractivity contribution in [1.29, 1.82) is 0 Å². The first-order valence-electron chi connectivity index (χ1n) is 9.42. The number of carbonyl (C=O) groups is 2. The monoisotopic (exact) mass is 463 g/mol. The Bertz CT molecular complexity index is 906. The zero-order chi connectivity index (χ0) is 19.7. The average molecular weight is 464 g/mol. The smallest absolute Gasteiger partial charge is 0.341 e. The summed E-state index contributed by atoms with van der Waals surface area (Å²) in [4.78, 5) is 26.2. The van der Waals surface area contributed by atoms with Crippen molar-refractivity contribution in [1.82, 2.24) is 15.1 Å². The summed E-state index contributed by atoms with van der Waals surface area (Å²) in [5.41, 5.74) is 2.04. The highest BCUT2D eigenvalue weighted by Gasteiger charge is 2.50. The molecule has 0 saturated heterocycles. The SMILES string of the molecule is COC(=O)c1c(CNC(=O)C2(Sc3ccc(Br)cc3)CC2)nn2c1CCCC2. The van der Waals surface area contributed by atoms with E-state index in [2.05, 4.69) is 26.3 Å². The van der Waals surface area contributed by atoms with E-state index in [0.29, 0.717) is 11.3 Å². The first-order chi connectivity index (χ1) is 13.5. The summed E-state index contributed by atoms with van der Waals surface area (Å²) < 4.78 is 7.45. The molecule has 2 heterocycles. The number of nitrogens with one attached hydrogen (secondary N) is 1. The van der Waals surface area contributed by atoms with Crippen LogP contribution >= 0.6 is 27.7 Å². The second-order valence-corrected chi connectivity index (χ2v) is 9.55. The number of amides is 1. The summed E-state index contributed by atoms with van der Waals surface area (Å²) in [5.74, 6) is -0.375. The Morgan fingerprint density at radius 2 is 2.04 bits per heavy atom. The number of nitrogens with zero attached hydrogens (tertiary/aromatic N) is 2. The van der Waals surface area contributed by atoms with Crippen LogP contribution in [0.25, 0.3) is 0 Å². The molecule has 1 N–H and O–H groups in total. The van der Waals surface area contributed by atoms with Gasteiger partial charge in [0.15, 0.2) is 0 Å². The van der Waals surface area contributed by atoms with Crippen molar-refractivity contribution in [2.75, 3.05) is 7.11 Å². The molecule has 0 spiro atoms. The van der Waals surface area contributed by atoms with Gasteiger partial charge in [-0.3, -0.25) is 9.48 Å². The Labute approximate surface area is 176 Å². The van der Waals surface area contributed by atoms with Crippen molar-refractivity contribution in [2.45, 2.75) is 54.8 Å². The molecule has 2 aliphatic rings. The predicted octanol–water partition coefficient (Wildman–Crippen LogP) is 3.71. The standard InChI is InChI=1S/C20H22BrN3O3S/c1-27-18(25)17-15(23-24-11-3-2-4-16(17)24)12-22-19(26)20(9-10-20)28-14-7-5-13(21)6-8-14/h5-8H,2-4,9-12H2,1H3,(H,22,26). The molecule has 0 atom stereocenters. The molecule has 0 unspecified atom stereocenters. The molecule has 1 aliphatic carbocycles. The maximum Gasteiger partial charge on any atom is 0.341 e. The number of aryl methyl sites for hydroxylation is 1. The van der Waals surface area contributed by atoms with Crippen LogP contribution in [0.4, 0.5) is 0 Å². The second kappa shape index (κ2) is 7.91. The number of halogens is 1. The van der Waals surface area contributed by atoms with E-state index in [0.717, 1.165) is 53.7 Å². The lowest BCUT2D eigenvalue weighted by molar-refractivity contribution is -0.121. The van der Waals surface area contributed by atoms with Gasteiger partial charge in [-0.15, -0.1) is 11.8 Å². The average Bonchev–Trinajstić information content (AvgIpc) is 3.40. The van der Waals surface area contributed by atoms with Gasteiger partial charge < -0.3 is 10.1 Å². The van der Waals surface area contributed by atoms with E-state index < -0.39 is 4.75 Å². The van der Waals surface area contributed by atoms with E-state index in [1.54, 1.807) is 11.8 Å². The van der Waals surface area contributed by atoms with Crippen LogP contribution in [-0.2, 0) is 29.0 Å². The molecular weight excluding hydrogens is 442 g/mol. The van der Waals surface area contributed by atoms with Gasteiger partial charge in [-0.05, 0) is 56.4 Å². The molecule has 0 radical (unpaired) electrons. The van der Waals surface area contributed by atoms with Crippen molar-refractivity contribution in [3.63, 3.8) is 0 Å². The summed E-state index contributed by atoms with van der Waals surface area (Å²) in [7, 11) is 1.38. The molecule has 1 amide bonds. The summed E-state index contributed by atoms with van der Waals surface area (Å²) in [6, 6.07) is 7.99. The molecule has 28 heavy (non-hydrogen) atoms. The highest BCUT2D eigenvalue weighted by molar-refractivity contribution is 9.10. The van der Waals surface area contributed by atoms with Crippen LogP contribution in [-0.4, -0.2) is 33.5 Å². The van der Waals surface area contributed by atoms with Gasteiger partial charge in [-0.25, -0.2) is 4.79 Å². The minimum Gasteiger partial charge on any atom is -0.465 e. The van der Waals surface area contributed by atoms with Crippen LogP contribution in [0.2, 0.25) is 0 Å². The third-order valence-corrected chi connectivity index (χ3v) is 7.24. The van der Waals surface area contributed by atoms with Crippen molar-refractivity contribution in [3.05, 3.63) is 45.7 Å². The normalized spacial score (nSPS) is 16.9. The van der Waals surface area contributed by atoms with Gasteiger partial charge in [0.25, 0.3) is 0 Å². The van der Waals surface area contributed by atoms with E-state index in [4.69, 9.17) is 4.74 Å². The molecule has 1 aromatic carbocycles. The van der Waals surface area contributed by atoms with Gasteiger partial charge in [0.2, 0.25) is 5.91 Å². The van der Waals surface area contributed by atoms with E-state index in [1.807, 2.05) is 28.9 Å². The van der Waals surface area contributed by atoms with Crippen molar-refractivity contribution < 1.29 is 14.3 Å². The van der Waals surface area contributed by atoms with E-state index in [-0.39, 0.29) is 18.4 Å². The molecule has 8 heteroatoms. The minimum atomic E-state index is -0.418. The Balaban J connectivity index is 1.47. The lowest BCUT2D eigenvalue weighted by Gasteiger charge is -2.15. The number of thioether (sulfide) groups is 1. The lowest BCUT2D eigenvalue weighted by atomic mass is 10.0. The number of esters is 1. The maximum atomic E-state index is 12.9. The first kappa shape index (κ1) is 19.5. The summed E-state index contributed by atoms with van der Waals surface area (Å²) >= 11 is 5.03. The number of fused-ring (bicyclic) bond motifs is 1. The molecule has 6 nitrogen and oxygen atoms in total. The number of benzene rings is 1. The number of hydrogen-bond acceptors (Lipinski definition) is 5. The molecule has 4 rings (SSSR count). The molecule has 0 bridgehead atoms. The van der Waals surface area contributed by atoms with Crippen LogP contribution in [0.5, 0.6) is 0 Å². The van der Waals surface area contributed by atoms with Crippen LogP contribution in [0, 0.1) is 0 Å². The van der Waals surface area contributed by atoms with Crippen LogP contribution in [0.3, 0.4) is 0 Å². The first-order valence-corrected chi connectivity index (χ1v) is 11.0. The van der Waals surface area contributed by atoms with E-state index in [1.165, 1.54) is 7.11 Å². The largest absolute Gasteiger partial charge is 0.465 e. The number of aromatic nitrogens is 2.